The average Bonchev–Trinajstić information content (AvgIpc) is 3.17. The van der Waals surface area contributed by atoms with Crippen molar-refractivity contribution in [3.05, 3.63) is 85.1 Å². The first-order chi connectivity index (χ1) is 26.5. The molecule has 0 N–H and O–H groups in total. The predicted molar refractivity (Wildman–Crippen MR) is 228 cm³/mol. The van der Waals surface area contributed by atoms with Crippen LogP contribution < -0.4 is 0 Å². The van der Waals surface area contributed by atoms with Crippen LogP contribution in [0.1, 0.15) is 181 Å². The number of rotatable bonds is 37. The molecule has 6 nitrogen and oxygen atoms in total. The normalized spacial score (nSPS) is 12.9. The van der Waals surface area contributed by atoms with E-state index >= 15 is 0 Å². The van der Waals surface area contributed by atoms with E-state index < -0.39 is 6.10 Å². The standard InChI is InChI=1S/C48H78O6/c1-4-7-10-13-16-19-21-23-25-26-29-32-35-38-41-47(50)53-44-45(43-52-46(49)40-37-34-31-28-18-15-12-9-6-3)54-48(51)42-39-36-33-30-27-24-22-20-17-14-11-8-5-2/h8-9,11-12,14,17-18,20,22,24-28,45H,4-7,10,13,15-16,19,21,23,29-44H2,1-3H3/b11-8-,12-9-,17-14-,22-20-,26-25-,27-24-,28-18-. The molecule has 0 spiro atoms. The zero-order valence-corrected chi connectivity index (χ0v) is 34.7. The van der Waals surface area contributed by atoms with E-state index in [1.54, 1.807) is 0 Å². The van der Waals surface area contributed by atoms with Crippen LogP contribution in [0.15, 0.2) is 85.1 Å². The molecule has 0 saturated heterocycles. The Bertz CT molecular complexity index is 1090. The third kappa shape index (κ3) is 39.8. The van der Waals surface area contributed by atoms with E-state index in [-0.39, 0.29) is 37.5 Å². The van der Waals surface area contributed by atoms with Crippen LogP contribution in [0.5, 0.6) is 0 Å². The average molecular weight is 751 g/mol. The van der Waals surface area contributed by atoms with Gasteiger partial charge in [-0.15, -0.1) is 0 Å². The molecule has 0 heterocycles. The molecule has 1 unspecified atom stereocenters. The zero-order valence-electron chi connectivity index (χ0n) is 34.7. The maximum Gasteiger partial charge on any atom is 0.306 e. The van der Waals surface area contributed by atoms with Gasteiger partial charge in [0, 0.05) is 19.3 Å². The summed E-state index contributed by atoms with van der Waals surface area (Å²) in [6.45, 7) is 6.25. The SMILES string of the molecule is CC\C=C/C=C\C=C/C=C\CCCCCC(=O)OC(COC(=O)CCCC/C=C\C/C=C\CC)COC(=O)CCCCC/C=C\CCCCCCCCC. The topological polar surface area (TPSA) is 78.9 Å². The molecule has 0 fully saturated rings. The summed E-state index contributed by atoms with van der Waals surface area (Å²) in [5, 5.41) is 0. The molecule has 0 aliphatic carbocycles. The van der Waals surface area contributed by atoms with Gasteiger partial charge in [-0.3, -0.25) is 14.4 Å². The molecule has 0 radical (unpaired) electrons. The fourth-order valence-corrected chi connectivity index (χ4v) is 5.48. The molecule has 0 aromatic carbocycles. The molecule has 0 bridgehead atoms. The van der Waals surface area contributed by atoms with Crippen LogP contribution in [0.2, 0.25) is 0 Å². The van der Waals surface area contributed by atoms with E-state index in [4.69, 9.17) is 14.2 Å². The van der Waals surface area contributed by atoms with Gasteiger partial charge in [0.1, 0.15) is 13.2 Å². The Labute approximate surface area is 331 Å². The molecule has 0 rings (SSSR count). The highest BCUT2D eigenvalue weighted by atomic mass is 16.6. The number of unbranched alkanes of at least 4 members (excludes halogenated alkanes) is 15. The quantitative estimate of drug-likeness (QED) is 0.0207. The van der Waals surface area contributed by atoms with Crippen LogP contribution in [-0.4, -0.2) is 37.2 Å². The molecule has 1 atom stereocenters. The minimum atomic E-state index is -0.813. The Morgan fingerprint density at radius 3 is 1.39 bits per heavy atom. The fraction of sp³-hybridized carbons (Fsp3) is 0.646. The summed E-state index contributed by atoms with van der Waals surface area (Å²) >= 11 is 0. The van der Waals surface area contributed by atoms with E-state index in [0.717, 1.165) is 89.9 Å². The monoisotopic (exact) mass is 751 g/mol. The summed E-state index contributed by atoms with van der Waals surface area (Å²) < 4.78 is 16.6. The first kappa shape index (κ1) is 50.6. The lowest BCUT2D eigenvalue weighted by molar-refractivity contribution is -0.167. The zero-order chi connectivity index (χ0) is 39.4. The van der Waals surface area contributed by atoms with Crippen LogP contribution in [0.3, 0.4) is 0 Å². The molecule has 6 heteroatoms. The van der Waals surface area contributed by atoms with Gasteiger partial charge in [-0.05, 0) is 89.9 Å². The van der Waals surface area contributed by atoms with Gasteiger partial charge in [0.15, 0.2) is 6.10 Å². The minimum Gasteiger partial charge on any atom is -0.462 e. The molecular weight excluding hydrogens is 673 g/mol. The van der Waals surface area contributed by atoms with Crippen molar-refractivity contribution in [2.24, 2.45) is 0 Å². The van der Waals surface area contributed by atoms with Gasteiger partial charge in [-0.25, -0.2) is 0 Å². The number of ether oxygens (including phenoxy) is 3. The van der Waals surface area contributed by atoms with Crippen molar-refractivity contribution in [2.45, 2.75) is 187 Å². The van der Waals surface area contributed by atoms with Crippen molar-refractivity contribution in [1.29, 1.82) is 0 Å². The highest BCUT2D eigenvalue weighted by molar-refractivity contribution is 5.71. The van der Waals surface area contributed by atoms with Gasteiger partial charge in [0.25, 0.3) is 0 Å². The summed E-state index contributed by atoms with van der Waals surface area (Å²) in [6, 6.07) is 0. The van der Waals surface area contributed by atoms with Crippen LogP contribution >= 0.6 is 0 Å². The third-order valence-electron chi connectivity index (χ3n) is 8.71. The highest BCUT2D eigenvalue weighted by Gasteiger charge is 2.19. The second-order valence-electron chi connectivity index (χ2n) is 13.9. The van der Waals surface area contributed by atoms with Gasteiger partial charge >= 0.3 is 17.9 Å². The van der Waals surface area contributed by atoms with Gasteiger partial charge in [-0.1, -0.05) is 157 Å². The molecular formula is C48H78O6. The number of hydrogen-bond donors (Lipinski definition) is 0. The van der Waals surface area contributed by atoms with Crippen molar-refractivity contribution in [1.82, 2.24) is 0 Å². The summed E-state index contributed by atoms with van der Waals surface area (Å²) in [6.07, 6.45) is 52.9. The molecule has 0 saturated carbocycles. The maximum atomic E-state index is 12.7. The Morgan fingerprint density at radius 2 is 0.815 bits per heavy atom. The summed E-state index contributed by atoms with van der Waals surface area (Å²) in [7, 11) is 0. The lowest BCUT2D eigenvalue weighted by Crippen LogP contribution is -2.30. The Balaban J connectivity index is 4.50. The van der Waals surface area contributed by atoms with Crippen LogP contribution in [0, 0.1) is 0 Å². The number of carbonyl (C=O) groups is 3. The van der Waals surface area contributed by atoms with Crippen molar-refractivity contribution < 1.29 is 28.6 Å². The van der Waals surface area contributed by atoms with E-state index in [1.807, 2.05) is 36.5 Å². The summed E-state index contributed by atoms with van der Waals surface area (Å²) in [5.74, 6) is -1.02. The number of carbonyl (C=O) groups excluding carboxylic acids is 3. The van der Waals surface area contributed by atoms with Crippen molar-refractivity contribution in [3.8, 4) is 0 Å². The second-order valence-corrected chi connectivity index (χ2v) is 13.9. The molecule has 0 aromatic heterocycles. The first-order valence-electron chi connectivity index (χ1n) is 21.6. The maximum absolute atomic E-state index is 12.7. The van der Waals surface area contributed by atoms with Crippen molar-refractivity contribution in [3.63, 3.8) is 0 Å². The van der Waals surface area contributed by atoms with E-state index in [9.17, 15) is 14.4 Å². The predicted octanol–water partition coefficient (Wildman–Crippen LogP) is 13.7. The van der Waals surface area contributed by atoms with Crippen molar-refractivity contribution in [2.75, 3.05) is 13.2 Å². The van der Waals surface area contributed by atoms with Gasteiger partial charge in [-0.2, -0.15) is 0 Å². The Hall–Kier alpha value is -3.41. The summed E-state index contributed by atoms with van der Waals surface area (Å²) in [4.78, 5) is 37.6. The highest BCUT2D eigenvalue weighted by Crippen LogP contribution is 2.12. The second kappa shape index (κ2) is 42.3. The van der Waals surface area contributed by atoms with E-state index in [1.165, 1.54) is 44.9 Å². The Kier molecular flexibility index (Phi) is 39.7. The van der Waals surface area contributed by atoms with Crippen LogP contribution in [0.4, 0.5) is 0 Å². The summed E-state index contributed by atoms with van der Waals surface area (Å²) in [5.41, 5.74) is 0. The Morgan fingerprint density at radius 1 is 0.407 bits per heavy atom. The van der Waals surface area contributed by atoms with Crippen molar-refractivity contribution >= 4 is 17.9 Å². The van der Waals surface area contributed by atoms with E-state index in [2.05, 4.69) is 69.4 Å². The smallest absolute Gasteiger partial charge is 0.306 e. The lowest BCUT2D eigenvalue weighted by Gasteiger charge is -2.18. The molecule has 0 amide bonds. The van der Waals surface area contributed by atoms with Gasteiger partial charge in [0.2, 0.25) is 0 Å². The molecule has 0 aliphatic rings. The molecule has 306 valence electrons. The molecule has 54 heavy (non-hydrogen) atoms. The molecule has 0 aromatic rings. The van der Waals surface area contributed by atoms with Crippen LogP contribution in [-0.2, 0) is 28.6 Å². The molecule has 0 aliphatic heterocycles. The third-order valence-corrected chi connectivity index (χ3v) is 8.71. The number of esters is 3. The lowest BCUT2D eigenvalue weighted by atomic mass is 10.1. The van der Waals surface area contributed by atoms with E-state index in [0.29, 0.717) is 19.3 Å². The van der Waals surface area contributed by atoms with Gasteiger partial charge in [0.05, 0.1) is 0 Å². The number of allylic oxidation sites excluding steroid dienone is 14. The van der Waals surface area contributed by atoms with Gasteiger partial charge < -0.3 is 14.2 Å². The van der Waals surface area contributed by atoms with Crippen LogP contribution in [0.25, 0.3) is 0 Å². The fourth-order valence-electron chi connectivity index (χ4n) is 5.48. The minimum absolute atomic E-state index is 0.112. The number of hydrogen-bond acceptors (Lipinski definition) is 6. The first-order valence-corrected chi connectivity index (χ1v) is 21.6. The largest absolute Gasteiger partial charge is 0.462 e.